The summed E-state index contributed by atoms with van der Waals surface area (Å²) in [6.45, 7) is 3.56. The van der Waals surface area contributed by atoms with Gasteiger partial charge in [-0.2, -0.15) is 0 Å². The average molecular weight is 206 g/mol. The van der Waals surface area contributed by atoms with E-state index in [0.29, 0.717) is 5.56 Å². The first-order valence-electron chi connectivity index (χ1n) is 5.10. The van der Waals surface area contributed by atoms with Crippen molar-refractivity contribution >= 4 is 5.97 Å². The van der Waals surface area contributed by atoms with Gasteiger partial charge in [0.1, 0.15) is 6.10 Å². The maximum Gasteiger partial charge on any atom is 0.340 e. The Labute approximate surface area is 88.7 Å². The number of ether oxygens (including phenoxy) is 1. The lowest BCUT2D eigenvalue weighted by molar-refractivity contribution is 0.0344. The second-order valence-electron chi connectivity index (χ2n) is 3.71. The first kappa shape index (κ1) is 10.1. The minimum Gasteiger partial charge on any atom is -0.457 e. The highest BCUT2D eigenvalue weighted by molar-refractivity contribution is 5.89. The summed E-state index contributed by atoms with van der Waals surface area (Å²) in [4.78, 5) is 15.7. The molecule has 4 heteroatoms. The highest BCUT2D eigenvalue weighted by atomic mass is 16.5. The van der Waals surface area contributed by atoms with Crippen molar-refractivity contribution in [3.05, 3.63) is 29.6 Å². The summed E-state index contributed by atoms with van der Waals surface area (Å²) in [6.07, 6.45) is 2.46. The van der Waals surface area contributed by atoms with Gasteiger partial charge in [-0.05, 0) is 32.0 Å². The van der Waals surface area contributed by atoms with Crippen LogP contribution < -0.4 is 5.32 Å². The van der Waals surface area contributed by atoms with E-state index in [0.717, 1.165) is 25.2 Å². The molecule has 0 spiro atoms. The lowest BCUT2D eigenvalue weighted by Gasteiger charge is -2.10. The Balaban J connectivity index is 1.98. The second-order valence-corrected chi connectivity index (χ2v) is 3.71. The zero-order valence-electron chi connectivity index (χ0n) is 8.69. The maximum atomic E-state index is 11.6. The van der Waals surface area contributed by atoms with Gasteiger partial charge in [0, 0.05) is 18.4 Å². The third-order valence-electron chi connectivity index (χ3n) is 2.44. The van der Waals surface area contributed by atoms with Crippen molar-refractivity contribution in [2.45, 2.75) is 19.4 Å². The van der Waals surface area contributed by atoms with Gasteiger partial charge in [-0.3, -0.25) is 4.98 Å². The van der Waals surface area contributed by atoms with E-state index in [1.54, 1.807) is 12.3 Å². The predicted molar refractivity (Wildman–Crippen MR) is 55.7 cm³/mol. The molecule has 1 saturated heterocycles. The molecule has 15 heavy (non-hydrogen) atoms. The Bertz CT molecular complexity index is 342. The van der Waals surface area contributed by atoms with E-state index in [1.165, 1.54) is 0 Å². The summed E-state index contributed by atoms with van der Waals surface area (Å²) >= 11 is 0. The smallest absolute Gasteiger partial charge is 0.340 e. The molecule has 1 aliphatic heterocycles. The van der Waals surface area contributed by atoms with Crippen LogP contribution in [0.5, 0.6) is 0 Å². The Morgan fingerprint density at radius 1 is 1.60 bits per heavy atom. The molecule has 0 saturated carbocycles. The molecule has 1 fully saturated rings. The molecule has 2 rings (SSSR count). The van der Waals surface area contributed by atoms with E-state index in [-0.39, 0.29) is 12.1 Å². The molecular formula is C11H14N2O2. The Kier molecular flexibility index (Phi) is 2.97. The van der Waals surface area contributed by atoms with E-state index in [4.69, 9.17) is 4.74 Å². The van der Waals surface area contributed by atoms with Gasteiger partial charge in [0.25, 0.3) is 0 Å². The van der Waals surface area contributed by atoms with Crippen molar-refractivity contribution in [3.8, 4) is 0 Å². The minimum absolute atomic E-state index is 0.0128. The fraction of sp³-hybridized carbons (Fsp3) is 0.455. The Morgan fingerprint density at radius 3 is 3.07 bits per heavy atom. The van der Waals surface area contributed by atoms with Crippen molar-refractivity contribution in [2.75, 3.05) is 13.1 Å². The first-order chi connectivity index (χ1) is 7.25. The number of rotatable bonds is 2. The van der Waals surface area contributed by atoms with Crippen molar-refractivity contribution in [2.24, 2.45) is 0 Å². The van der Waals surface area contributed by atoms with Crippen LogP contribution >= 0.6 is 0 Å². The molecule has 1 N–H and O–H groups in total. The summed E-state index contributed by atoms with van der Waals surface area (Å²) in [6, 6.07) is 3.55. The van der Waals surface area contributed by atoms with Gasteiger partial charge in [0.05, 0.1) is 5.56 Å². The highest BCUT2D eigenvalue weighted by Crippen LogP contribution is 2.08. The topological polar surface area (TPSA) is 51.2 Å². The molecule has 1 atom stereocenters. The summed E-state index contributed by atoms with van der Waals surface area (Å²) < 4.78 is 5.30. The fourth-order valence-electron chi connectivity index (χ4n) is 1.54. The summed E-state index contributed by atoms with van der Waals surface area (Å²) in [5, 5.41) is 3.15. The van der Waals surface area contributed by atoms with Gasteiger partial charge in [-0.1, -0.05) is 0 Å². The fourth-order valence-corrected chi connectivity index (χ4v) is 1.54. The van der Waals surface area contributed by atoms with Crippen LogP contribution in [0, 0.1) is 6.92 Å². The lowest BCUT2D eigenvalue weighted by Crippen LogP contribution is -2.20. The van der Waals surface area contributed by atoms with Gasteiger partial charge in [0.15, 0.2) is 0 Å². The molecule has 80 valence electrons. The molecule has 0 amide bonds. The number of nitrogens with one attached hydrogen (secondary N) is 1. The van der Waals surface area contributed by atoms with Crippen LogP contribution in [0.25, 0.3) is 0 Å². The number of aryl methyl sites for hydroxylation is 1. The van der Waals surface area contributed by atoms with Crippen LogP contribution in [0.3, 0.4) is 0 Å². The number of esters is 1. The monoisotopic (exact) mass is 206 g/mol. The number of aromatic nitrogens is 1. The number of hydrogen-bond acceptors (Lipinski definition) is 4. The number of carbonyl (C=O) groups excluding carboxylic acids is 1. The van der Waals surface area contributed by atoms with Crippen LogP contribution in [-0.4, -0.2) is 30.1 Å². The van der Waals surface area contributed by atoms with Gasteiger partial charge >= 0.3 is 5.97 Å². The molecule has 0 bridgehead atoms. The molecule has 1 aliphatic rings. The molecule has 0 unspecified atom stereocenters. The van der Waals surface area contributed by atoms with Crippen molar-refractivity contribution in [1.29, 1.82) is 0 Å². The van der Waals surface area contributed by atoms with E-state index in [1.807, 2.05) is 13.0 Å². The summed E-state index contributed by atoms with van der Waals surface area (Å²) in [7, 11) is 0. The summed E-state index contributed by atoms with van der Waals surface area (Å²) in [5.74, 6) is -0.281. The quantitative estimate of drug-likeness (QED) is 0.731. The highest BCUT2D eigenvalue weighted by Gasteiger charge is 2.19. The zero-order chi connectivity index (χ0) is 10.7. The van der Waals surface area contributed by atoms with Gasteiger partial charge in [-0.15, -0.1) is 0 Å². The van der Waals surface area contributed by atoms with Crippen LogP contribution in [-0.2, 0) is 4.74 Å². The normalized spacial score (nSPS) is 20.2. The van der Waals surface area contributed by atoms with Gasteiger partial charge < -0.3 is 10.1 Å². The van der Waals surface area contributed by atoms with Crippen LogP contribution in [0.2, 0.25) is 0 Å². The molecule has 2 heterocycles. The van der Waals surface area contributed by atoms with Gasteiger partial charge in [-0.25, -0.2) is 4.79 Å². The first-order valence-corrected chi connectivity index (χ1v) is 5.10. The van der Waals surface area contributed by atoms with Crippen molar-refractivity contribution in [3.63, 3.8) is 0 Å². The van der Waals surface area contributed by atoms with E-state index in [9.17, 15) is 4.79 Å². The molecule has 0 aliphatic carbocycles. The molecule has 4 nitrogen and oxygen atoms in total. The molecule has 1 aromatic rings. The molecule has 0 aromatic carbocycles. The van der Waals surface area contributed by atoms with Crippen LogP contribution in [0.4, 0.5) is 0 Å². The van der Waals surface area contributed by atoms with Crippen LogP contribution in [0.1, 0.15) is 22.5 Å². The lowest BCUT2D eigenvalue weighted by atomic mass is 10.2. The predicted octanol–water partition coefficient (Wildman–Crippen LogP) is 0.909. The number of pyridine rings is 1. The van der Waals surface area contributed by atoms with Crippen LogP contribution in [0.15, 0.2) is 18.3 Å². The Hall–Kier alpha value is -1.42. The third-order valence-corrected chi connectivity index (χ3v) is 2.44. The second kappa shape index (κ2) is 4.40. The van der Waals surface area contributed by atoms with Gasteiger partial charge in [0.2, 0.25) is 0 Å². The van der Waals surface area contributed by atoms with Crippen molar-refractivity contribution in [1.82, 2.24) is 10.3 Å². The largest absolute Gasteiger partial charge is 0.457 e. The SMILES string of the molecule is Cc1ccc(C(=O)O[C@@H]2CCNC2)cn1. The van der Waals surface area contributed by atoms with Crippen molar-refractivity contribution < 1.29 is 9.53 Å². The number of carbonyl (C=O) groups is 1. The minimum atomic E-state index is -0.281. The third kappa shape index (κ3) is 2.53. The Morgan fingerprint density at radius 2 is 2.47 bits per heavy atom. The molecule has 1 aromatic heterocycles. The average Bonchev–Trinajstić information content (AvgIpc) is 2.71. The zero-order valence-corrected chi connectivity index (χ0v) is 8.69. The van der Waals surface area contributed by atoms with E-state index < -0.39 is 0 Å². The van der Waals surface area contributed by atoms with E-state index in [2.05, 4.69) is 10.3 Å². The molecule has 0 radical (unpaired) electrons. The summed E-state index contributed by atoms with van der Waals surface area (Å²) in [5.41, 5.74) is 1.42. The standard InChI is InChI=1S/C11H14N2O2/c1-8-2-3-9(6-13-8)11(14)15-10-4-5-12-7-10/h2-3,6,10,12H,4-5,7H2,1H3/t10-/m1/s1. The molecular weight excluding hydrogens is 192 g/mol. The maximum absolute atomic E-state index is 11.6. The van der Waals surface area contributed by atoms with E-state index >= 15 is 0 Å². The number of hydrogen-bond donors (Lipinski definition) is 1. The number of nitrogens with zero attached hydrogens (tertiary/aromatic N) is 1.